The number of aliphatic hydroxyl groups excluding tert-OH is 1. The number of hydrogen-bond acceptors (Lipinski definition) is 6. The molecule has 0 saturated heterocycles. The van der Waals surface area contributed by atoms with Crippen molar-refractivity contribution in [1.29, 1.82) is 0 Å². The molecule has 0 aliphatic heterocycles. The summed E-state index contributed by atoms with van der Waals surface area (Å²) < 4.78 is 15.8. The number of hydrogen-bond donors (Lipinski definition) is 2. The third-order valence-electron chi connectivity index (χ3n) is 4.14. The largest absolute Gasteiger partial charge is 0.389 e. The number of nitrogens with zero attached hydrogens (tertiary/aromatic N) is 4. The Labute approximate surface area is 147 Å². The summed E-state index contributed by atoms with van der Waals surface area (Å²) in [6.45, 7) is 1.54. The van der Waals surface area contributed by atoms with E-state index >= 15 is 0 Å². The predicted octanol–water partition coefficient (Wildman–Crippen LogP) is 3.48. The number of pyridine rings is 1. The van der Waals surface area contributed by atoms with E-state index < -0.39 is 11.9 Å². The third kappa shape index (κ3) is 2.45. The Morgan fingerprint density at radius 3 is 2.80 bits per heavy atom. The van der Waals surface area contributed by atoms with Crippen LogP contribution in [0.1, 0.15) is 18.6 Å². The summed E-state index contributed by atoms with van der Waals surface area (Å²) in [6.07, 6.45) is 0.849. The maximum Gasteiger partial charge on any atom is 0.155 e. The number of thiazole rings is 1. The highest BCUT2D eigenvalue weighted by Crippen LogP contribution is 2.36. The van der Waals surface area contributed by atoms with E-state index in [1.165, 1.54) is 17.4 Å². The van der Waals surface area contributed by atoms with Crippen molar-refractivity contribution in [3.05, 3.63) is 35.9 Å². The van der Waals surface area contributed by atoms with Gasteiger partial charge in [0.15, 0.2) is 5.82 Å². The fraction of sp³-hybridized carbons (Fsp3) is 0.235. The zero-order chi connectivity index (χ0) is 17.7. The summed E-state index contributed by atoms with van der Waals surface area (Å²) in [5, 5.41) is 13.5. The minimum Gasteiger partial charge on any atom is -0.389 e. The number of rotatable bonds is 3. The van der Waals surface area contributed by atoms with Crippen molar-refractivity contribution < 1.29 is 9.50 Å². The van der Waals surface area contributed by atoms with Crippen LogP contribution in [0.15, 0.2) is 24.5 Å². The van der Waals surface area contributed by atoms with E-state index in [0.29, 0.717) is 5.82 Å². The number of aryl methyl sites for hydroxylation is 1. The predicted molar refractivity (Wildman–Crippen MR) is 97.3 cm³/mol. The van der Waals surface area contributed by atoms with Gasteiger partial charge in [-0.2, -0.15) is 0 Å². The Kier molecular flexibility index (Phi) is 3.66. The number of benzene rings is 1. The Bertz CT molecular complexity index is 1100. The van der Waals surface area contributed by atoms with Crippen LogP contribution in [0.2, 0.25) is 0 Å². The number of aromatic nitrogens is 4. The van der Waals surface area contributed by atoms with Gasteiger partial charge in [-0.3, -0.25) is 0 Å². The molecule has 0 fully saturated rings. The Morgan fingerprint density at radius 2 is 2.08 bits per heavy atom. The number of imidazole rings is 1. The molecule has 1 atom stereocenters. The smallest absolute Gasteiger partial charge is 0.155 e. The zero-order valence-electron chi connectivity index (χ0n) is 13.9. The second-order valence-corrected chi connectivity index (χ2v) is 6.83. The molecule has 1 unspecified atom stereocenters. The molecule has 4 aromatic rings. The summed E-state index contributed by atoms with van der Waals surface area (Å²) in [5.41, 5.74) is 3.43. The van der Waals surface area contributed by atoms with Crippen LogP contribution in [0.5, 0.6) is 0 Å². The van der Waals surface area contributed by atoms with Crippen molar-refractivity contribution in [1.82, 2.24) is 19.5 Å². The van der Waals surface area contributed by atoms with E-state index in [9.17, 15) is 9.50 Å². The monoisotopic (exact) mass is 357 g/mol. The molecule has 128 valence electrons. The van der Waals surface area contributed by atoms with Crippen molar-refractivity contribution >= 4 is 38.5 Å². The van der Waals surface area contributed by atoms with Gasteiger partial charge in [-0.1, -0.05) is 11.3 Å². The quantitative estimate of drug-likeness (QED) is 0.587. The van der Waals surface area contributed by atoms with Crippen LogP contribution in [-0.4, -0.2) is 31.7 Å². The normalized spacial score (nSPS) is 12.8. The number of nitrogens with one attached hydrogen (secondary N) is 1. The first-order valence-corrected chi connectivity index (χ1v) is 8.58. The molecule has 0 radical (unpaired) electrons. The Hall–Kier alpha value is -2.58. The SMILES string of the molecule is CNc1nc2sc(-c3ccc(F)c(C(C)O)c3)nc2c2c1ncn2C. The molecule has 25 heavy (non-hydrogen) atoms. The lowest BCUT2D eigenvalue weighted by Crippen LogP contribution is -1.96. The second-order valence-electron chi connectivity index (χ2n) is 5.85. The zero-order valence-corrected chi connectivity index (χ0v) is 14.7. The van der Waals surface area contributed by atoms with E-state index in [4.69, 9.17) is 4.98 Å². The number of fused-ring (bicyclic) bond motifs is 3. The van der Waals surface area contributed by atoms with Gasteiger partial charge in [0.25, 0.3) is 0 Å². The van der Waals surface area contributed by atoms with Crippen LogP contribution < -0.4 is 5.32 Å². The van der Waals surface area contributed by atoms with E-state index in [-0.39, 0.29) is 5.56 Å². The Morgan fingerprint density at radius 1 is 1.28 bits per heavy atom. The highest BCUT2D eigenvalue weighted by atomic mass is 32.1. The molecule has 3 heterocycles. The van der Waals surface area contributed by atoms with Crippen LogP contribution in [0.4, 0.5) is 10.2 Å². The van der Waals surface area contributed by atoms with Gasteiger partial charge in [0, 0.05) is 25.2 Å². The molecule has 6 nitrogen and oxygen atoms in total. The lowest BCUT2D eigenvalue weighted by atomic mass is 10.1. The molecule has 0 aliphatic rings. The Balaban J connectivity index is 1.97. The van der Waals surface area contributed by atoms with E-state index in [1.54, 1.807) is 32.4 Å². The summed E-state index contributed by atoms with van der Waals surface area (Å²) in [5.74, 6) is 0.270. The molecule has 0 amide bonds. The van der Waals surface area contributed by atoms with Crippen molar-refractivity contribution in [2.75, 3.05) is 12.4 Å². The molecule has 0 aliphatic carbocycles. The van der Waals surface area contributed by atoms with Gasteiger partial charge in [0.2, 0.25) is 0 Å². The van der Waals surface area contributed by atoms with Gasteiger partial charge in [-0.05, 0) is 25.1 Å². The second kappa shape index (κ2) is 5.75. The van der Waals surface area contributed by atoms with Crippen LogP contribution in [0.3, 0.4) is 0 Å². The van der Waals surface area contributed by atoms with Crippen LogP contribution >= 0.6 is 11.3 Å². The molecule has 0 spiro atoms. The molecular formula is C17H16FN5OS. The fourth-order valence-corrected chi connectivity index (χ4v) is 3.81. The summed E-state index contributed by atoms with van der Waals surface area (Å²) in [6, 6.07) is 4.66. The first-order valence-electron chi connectivity index (χ1n) is 7.76. The van der Waals surface area contributed by atoms with Crippen LogP contribution in [0, 0.1) is 5.82 Å². The average molecular weight is 357 g/mol. The number of anilines is 1. The average Bonchev–Trinajstić information content (AvgIpc) is 3.17. The first kappa shape index (κ1) is 15.9. The molecule has 4 rings (SSSR count). The van der Waals surface area contributed by atoms with Crippen molar-refractivity contribution in [3.63, 3.8) is 0 Å². The molecule has 0 saturated carbocycles. The molecule has 1 aromatic carbocycles. The molecular weight excluding hydrogens is 341 g/mol. The van der Waals surface area contributed by atoms with Crippen molar-refractivity contribution in [2.45, 2.75) is 13.0 Å². The molecule has 2 N–H and O–H groups in total. The van der Waals surface area contributed by atoms with E-state index in [1.807, 2.05) is 11.6 Å². The van der Waals surface area contributed by atoms with Crippen LogP contribution in [-0.2, 0) is 7.05 Å². The van der Waals surface area contributed by atoms with E-state index in [0.717, 1.165) is 32.0 Å². The highest BCUT2D eigenvalue weighted by Gasteiger charge is 2.18. The summed E-state index contributed by atoms with van der Waals surface area (Å²) >= 11 is 1.43. The maximum absolute atomic E-state index is 13.8. The summed E-state index contributed by atoms with van der Waals surface area (Å²) in [7, 11) is 3.72. The van der Waals surface area contributed by atoms with Gasteiger partial charge >= 0.3 is 0 Å². The van der Waals surface area contributed by atoms with Gasteiger partial charge < -0.3 is 15.0 Å². The first-order chi connectivity index (χ1) is 12.0. The van der Waals surface area contributed by atoms with Crippen molar-refractivity contribution in [2.24, 2.45) is 7.05 Å². The van der Waals surface area contributed by atoms with Gasteiger partial charge in [0.05, 0.1) is 12.4 Å². The molecule has 8 heteroatoms. The fourth-order valence-electron chi connectivity index (χ4n) is 2.87. The lowest BCUT2D eigenvalue weighted by Gasteiger charge is -2.07. The number of halogens is 1. The molecule has 3 aromatic heterocycles. The van der Waals surface area contributed by atoms with Crippen molar-refractivity contribution in [3.8, 4) is 10.6 Å². The van der Waals surface area contributed by atoms with Gasteiger partial charge in [0.1, 0.15) is 32.2 Å². The minimum atomic E-state index is -0.882. The molecule has 0 bridgehead atoms. The minimum absolute atomic E-state index is 0.256. The summed E-state index contributed by atoms with van der Waals surface area (Å²) in [4.78, 5) is 14.5. The lowest BCUT2D eigenvalue weighted by molar-refractivity contribution is 0.194. The van der Waals surface area contributed by atoms with Gasteiger partial charge in [-0.25, -0.2) is 19.3 Å². The highest BCUT2D eigenvalue weighted by molar-refractivity contribution is 7.21. The maximum atomic E-state index is 13.8. The standard InChI is InChI=1S/C17H16FN5OS/c1-8(24)10-6-9(4-5-11(10)18)16-21-13-14-12(20-7-23(14)3)15(19-2)22-17(13)25-16/h4-8,24H,1-3H3,(H,19,22). The van der Waals surface area contributed by atoms with Crippen LogP contribution in [0.25, 0.3) is 32.0 Å². The van der Waals surface area contributed by atoms with E-state index in [2.05, 4.69) is 15.3 Å². The topological polar surface area (TPSA) is 75.9 Å². The van der Waals surface area contributed by atoms with Gasteiger partial charge in [-0.15, -0.1) is 0 Å². The number of aliphatic hydroxyl groups is 1. The third-order valence-corrected chi connectivity index (χ3v) is 5.14.